The molecule has 2 aromatic carbocycles. The summed E-state index contributed by atoms with van der Waals surface area (Å²) in [5, 5.41) is 14.6. The first-order valence-electron chi connectivity index (χ1n) is 10.7. The summed E-state index contributed by atoms with van der Waals surface area (Å²) in [6.07, 6.45) is 0.356. The number of hydrogen-bond donors (Lipinski definition) is 1. The number of carbonyl (C=O) groups excluding carboxylic acids is 1. The lowest BCUT2D eigenvalue weighted by molar-refractivity contribution is -0.124. The van der Waals surface area contributed by atoms with E-state index in [1.807, 2.05) is 12.1 Å². The third-order valence-electron chi connectivity index (χ3n) is 5.57. The molecular weight excluding hydrogens is 411 g/mol. The Hall–Kier alpha value is -3.17. The smallest absolute Gasteiger partial charge is 0.245 e. The minimum atomic E-state index is -0.632. The molecule has 1 aliphatic rings. The molecule has 32 heavy (non-hydrogen) atoms. The Labute approximate surface area is 186 Å². The number of amides is 1. The Morgan fingerprint density at radius 2 is 1.88 bits per heavy atom. The van der Waals surface area contributed by atoms with Gasteiger partial charge in [0.05, 0.1) is 13.2 Å². The fraction of sp³-hybridized carbons (Fsp3) is 0.391. The summed E-state index contributed by atoms with van der Waals surface area (Å²) in [6.45, 7) is 6.40. The maximum absolute atomic E-state index is 13.3. The van der Waals surface area contributed by atoms with Crippen molar-refractivity contribution in [1.82, 2.24) is 30.4 Å². The number of morpholine rings is 1. The number of rotatable bonds is 8. The van der Waals surface area contributed by atoms with Gasteiger partial charge >= 0.3 is 0 Å². The zero-order valence-corrected chi connectivity index (χ0v) is 18.1. The fourth-order valence-corrected chi connectivity index (χ4v) is 3.82. The van der Waals surface area contributed by atoms with Crippen LogP contribution in [0.1, 0.15) is 28.6 Å². The van der Waals surface area contributed by atoms with Gasteiger partial charge in [-0.2, -0.15) is 0 Å². The maximum Gasteiger partial charge on any atom is 0.245 e. The molecule has 1 fully saturated rings. The number of ether oxygens (including phenoxy) is 1. The van der Waals surface area contributed by atoms with Crippen LogP contribution < -0.4 is 5.32 Å². The molecular formula is C23H27FN6O2. The number of nitrogens with one attached hydrogen (secondary N) is 1. The standard InChI is InChI=1S/C23H27FN6O2/c1-17-26-27-28-30(17)22(14-18-5-7-21(24)8-6-18)23(31)25-15-19-3-2-4-20(13-19)16-29-9-11-32-12-10-29/h2-8,13,22H,9-12,14-16H2,1H3,(H,25,31). The second kappa shape index (κ2) is 10.4. The van der Waals surface area contributed by atoms with E-state index in [0.717, 1.165) is 44.0 Å². The van der Waals surface area contributed by atoms with Crippen molar-refractivity contribution in [3.63, 3.8) is 0 Å². The van der Waals surface area contributed by atoms with Crippen LogP contribution >= 0.6 is 0 Å². The number of aryl methyl sites for hydroxylation is 1. The van der Waals surface area contributed by atoms with Crippen LogP contribution in [0.5, 0.6) is 0 Å². The molecule has 1 aromatic heterocycles. The number of aromatic nitrogens is 4. The van der Waals surface area contributed by atoms with Gasteiger partial charge in [0.2, 0.25) is 5.91 Å². The van der Waals surface area contributed by atoms with Crippen molar-refractivity contribution in [3.05, 3.63) is 76.9 Å². The molecule has 1 atom stereocenters. The van der Waals surface area contributed by atoms with Gasteiger partial charge in [0.1, 0.15) is 17.7 Å². The first-order chi connectivity index (χ1) is 15.6. The van der Waals surface area contributed by atoms with E-state index in [4.69, 9.17) is 4.74 Å². The molecule has 0 bridgehead atoms. The number of tetrazole rings is 1. The van der Waals surface area contributed by atoms with Crippen molar-refractivity contribution < 1.29 is 13.9 Å². The molecule has 1 amide bonds. The van der Waals surface area contributed by atoms with Gasteiger partial charge in [-0.05, 0) is 46.2 Å². The van der Waals surface area contributed by atoms with Crippen molar-refractivity contribution in [2.24, 2.45) is 0 Å². The molecule has 2 heterocycles. The largest absolute Gasteiger partial charge is 0.379 e. The Morgan fingerprint density at radius 3 is 2.59 bits per heavy atom. The molecule has 4 rings (SSSR count). The van der Waals surface area contributed by atoms with Gasteiger partial charge in [-0.15, -0.1) is 5.10 Å². The predicted octanol–water partition coefficient (Wildman–Crippen LogP) is 2.05. The molecule has 9 heteroatoms. The van der Waals surface area contributed by atoms with Crippen molar-refractivity contribution in [2.75, 3.05) is 26.3 Å². The van der Waals surface area contributed by atoms with E-state index < -0.39 is 6.04 Å². The van der Waals surface area contributed by atoms with E-state index in [1.54, 1.807) is 19.1 Å². The lowest BCUT2D eigenvalue weighted by atomic mass is 10.0. The van der Waals surface area contributed by atoms with E-state index >= 15 is 0 Å². The van der Waals surface area contributed by atoms with Gasteiger partial charge in [-0.3, -0.25) is 9.69 Å². The second-order valence-electron chi connectivity index (χ2n) is 7.94. The molecule has 1 saturated heterocycles. The number of halogens is 1. The maximum atomic E-state index is 13.3. The van der Waals surface area contributed by atoms with Crippen LogP contribution in [0.3, 0.4) is 0 Å². The van der Waals surface area contributed by atoms with Crippen LogP contribution in [-0.4, -0.2) is 57.3 Å². The Kier molecular flexibility index (Phi) is 7.18. The summed E-state index contributed by atoms with van der Waals surface area (Å²) < 4.78 is 20.2. The van der Waals surface area contributed by atoms with E-state index in [9.17, 15) is 9.18 Å². The average molecular weight is 439 g/mol. The summed E-state index contributed by atoms with van der Waals surface area (Å²) in [5.41, 5.74) is 3.06. The molecule has 1 aliphatic heterocycles. The Morgan fingerprint density at radius 1 is 1.12 bits per heavy atom. The molecule has 0 saturated carbocycles. The van der Waals surface area contributed by atoms with Crippen molar-refractivity contribution in [2.45, 2.75) is 32.5 Å². The van der Waals surface area contributed by atoms with Crippen LogP contribution in [0, 0.1) is 12.7 Å². The van der Waals surface area contributed by atoms with E-state index in [0.29, 0.717) is 18.8 Å². The van der Waals surface area contributed by atoms with Crippen molar-refractivity contribution in [3.8, 4) is 0 Å². The van der Waals surface area contributed by atoms with Crippen LogP contribution in [0.15, 0.2) is 48.5 Å². The summed E-state index contributed by atoms with van der Waals surface area (Å²) in [7, 11) is 0. The predicted molar refractivity (Wildman–Crippen MR) is 116 cm³/mol. The van der Waals surface area contributed by atoms with Crippen LogP contribution in [0.25, 0.3) is 0 Å². The molecule has 168 valence electrons. The van der Waals surface area contributed by atoms with Crippen LogP contribution in [0.2, 0.25) is 0 Å². The molecule has 0 aliphatic carbocycles. The molecule has 0 radical (unpaired) electrons. The van der Waals surface area contributed by atoms with Gasteiger partial charge in [-0.1, -0.05) is 36.4 Å². The van der Waals surface area contributed by atoms with Crippen molar-refractivity contribution >= 4 is 5.91 Å². The molecule has 1 N–H and O–H groups in total. The minimum Gasteiger partial charge on any atom is -0.379 e. The van der Waals surface area contributed by atoms with Gasteiger partial charge in [0.25, 0.3) is 0 Å². The zero-order valence-electron chi connectivity index (χ0n) is 18.1. The van der Waals surface area contributed by atoms with E-state index in [1.165, 1.54) is 22.4 Å². The third kappa shape index (κ3) is 5.74. The van der Waals surface area contributed by atoms with Gasteiger partial charge in [0, 0.05) is 32.6 Å². The monoisotopic (exact) mass is 438 g/mol. The number of benzene rings is 2. The first-order valence-corrected chi connectivity index (χ1v) is 10.7. The lowest BCUT2D eigenvalue weighted by Crippen LogP contribution is -2.35. The van der Waals surface area contributed by atoms with E-state index in [2.05, 4.69) is 37.9 Å². The third-order valence-corrected chi connectivity index (χ3v) is 5.57. The van der Waals surface area contributed by atoms with E-state index in [-0.39, 0.29) is 11.7 Å². The minimum absolute atomic E-state index is 0.191. The Bertz CT molecular complexity index is 1030. The van der Waals surface area contributed by atoms with Crippen LogP contribution in [0.4, 0.5) is 4.39 Å². The van der Waals surface area contributed by atoms with Gasteiger partial charge in [0.15, 0.2) is 0 Å². The number of hydrogen-bond acceptors (Lipinski definition) is 6. The highest BCUT2D eigenvalue weighted by atomic mass is 19.1. The van der Waals surface area contributed by atoms with Gasteiger partial charge < -0.3 is 10.1 Å². The Balaban J connectivity index is 1.42. The highest BCUT2D eigenvalue weighted by Gasteiger charge is 2.24. The highest BCUT2D eigenvalue weighted by Crippen LogP contribution is 2.16. The van der Waals surface area contributed by atoms with Crippen molar-refractivity contribution in [1.29, 1.82) is 0 Å². The van der Waals surface area contributed by atoms with Gasteiger partial charge in [-0.25, -0.2) is 9.07 Å². The SMILES string of the molecule is Cc1nnnn1C(Cc1ccc(F)cc1)C(=O)NCc1cccc(CN2CCOCC2)c1. The number of carbonyl (C=O) groups is 1. The quantitative estimate of drug-likeness (QED) is 0.580. The summed E-state index contributed by atoms with van der Waals surface area (Å²) in [4.78, 5) is 15.5. The lowest BCUT2D eigenvalue weighted by Gasteiger charge is -2.26. The normalized spacial score (nSPS) is 15.4. The average Bonchev–Trinajstić information content (AvgIpc) is 3.23. The topological polar surface area (TPSA) is 85.2 Å². The first kappa shape index (κ1) is 22.0. The summed E-state index contributed by atoms with van der Waals surface area (Å²) >= 11 is 0. The molecule has 1 unspecified atom stereocenters. The molecule has 3 aromatic rings. The summed E-state index contributed by atoms with van der Waals surface area (Å²) in [6, 6.07) is 13.7. The highest BCUT2D eigenvalue weighted by molar-refractivity contribution is 5.80. The molecule has 0 spiro atoms. The van der Waals surface area contributed by atoms with Crippen LogP contribution in [-0.2, 0) is 29.0 Å². The molecule has 8 nitrogen and oxygen atoms in total. The zero-order chi connectivity index (χ0) is 22.3. The summed E-state index contributed by atoms with van der Waals surface area (Å²) in [5.74, 6) is 0.0355. The number of nitrogens with zero attached hydrogens (tertiary/aromatic N) is 5. The fourth-order valence-electron chi connectivity index (χ4n) is 3.82. The second-order valence-corrected chi connectivity index (χ2v) is 7.94.